The quantitative estimate of drug-likeness (QED) is 0.397. The smallest absolute Gasteiger partial charge is 0.295 e. The monoisotopic (exact) mass is 480 g/mol. The SMILES string of the molecule is COc1cc(/C=C(\C#N)C(=O)Nc2c(C)n(C)n(-c3ccccc3)c2=O)cc(Cl)c1OC(C)C. The van der Waals surface area contributed by atoms with Crippen molar-refractivity contribution in [2.45, 2.75) is 26.9 Å². The zero-order chi connectivity index (χ0) is 25.0. The first-order chi connectivity index (χ1) is 16.2. The number of nitriles is 1. The zero-order valence-electron chi connectivity index (χ0n) is 19.5. The van der Waals surface area contributed by atoms with E-state index in [-0.39, 0.29) is 22.4 Å². The van der Waals surface area contributed by atoms with Gasteiger partial charge in [-0.3, -0.25) is 14.3 Å². The molecule has 2 aromatic carbocycles. The van der Waals surface area contributed by atoms with Crippen LogP contribution < -0.4 is 20.3 Å². The van der Waals surface area contributed by atoms with Gasteiger partial charge in [-0.15, -0.1) is 0 Å². The molecule has 0 aliphatic heterocycles. The minimum absolute atomic E-state index is 0.0915. The third kappa shape index (κ3) is 5.00. The highest BCUT2D eigenvalue weighted by Crippen LogP contribution is 2.37. The van der Waals surface area contributed by atoms with Crippen LogP contribution in [0.1, 0.15) is 25.1 Å². The van der Waals surface area contributed by atoms with Crippen molar-refractivity contribution in [1.82, 2.24) is 9.36 Å². The molecule has 8 nitrogen and oxygen atoms in total. The van der Waals surface area contributed by atoms with E-state index in [1.54, 1.807) is 42.9 Å². The fourth-order valence-electron chi connectivity index (χ4n) is 3.38. The van der Waals surface area contributed by atoms with E-state index in [9.17, 15) is 14.9 Å². The Labute approximate surface area is 202 Å². The summed E-state index contributed by atoms with van der Waals surface area (Å²) in [7, 11) is 3.19. The number of carbonyl (C=O) groups excluding carboxylic acids is 1. The summed E-state index contributed by atoms with van der Waals surface area (Å²) >= 11 is 6.35. The molecule has 0 bridgehead atoms. The Hall–Kier alpha value is -3.96. The van der Waals surface area contributed by atoms with Crippen molar-refractivity contribution in [3.05, 3.63) is 74.7 Å². The van der Waals surface area contributed by atoms with Gasteiger partial charge in [0.25, 0.3) is 11.5 Å². The van der Waals surface area contributed by atoms with Crippen molar-refractivity contribution in [3.63, 3.8) is 0 Å². The van der Waals surface area contributed by atoms with Crippen LogP contribution in [-0.4, -0.2) is 28.5 Å². The number of nitrogens with zero attached hydrogens (tertiary/aromatic N) is 3. The van der Waals surface area contributed by atoms with Crippen molar-refractivity contribution in [3.8, 4) is 23.3 Å². The zero-order valence-corrected chi connectivity index (χ0v) is 20.3. The lowest BCUT2D eigenvalue weighted by molar-refractivity contribution is -0.112. The van der Waals surface area contributed by atoms with Gasteiger partial charge in [-0.2, -0.15) is 5.26 Å². The number of benzene rings is 2. The van der Waals surface area contributed by atoms with E-state index in [0.717, 1.165) is 0 Å². The number of para-hydroxylation sites is 1. The minimum Gasteiger partial charge on any atom is -0.493 e. The maximum atomic E-state index is 13.0. The van der Waals surface area contributed by atoms with Crippen LogP contribution in [0.25, 0.3) is 11.8 Å². The van der Waals surface area contributed by atoms with Gasteiger partial charge < -0.3 is 14.8 Å². The Morgan fingerprint density at radius 2 is 1.91 bits per heavy atom. The summed E-state index contributed by atoms with van der Waals surface area (Å²) in [4.78, 5) is 26.0. The van der Waals surface area contributed by atoms with Gasteiger partial charge in [0, 0.05) is 7.05 Å². The van der Waals surface area contributed by atoms with E-state index in [2.05, 4.69) is 5.32 Å². The van der Waals surface area contributed by atoms with E-state index < -0.39 is 11.5 Å². The van der Waals surface area contributed by atoms with Crippen molar-refractivity contribution < 1.29 is 14.3 Å². The molecule has 0 radical (unpaired) electrons. The molecular formula is C25H25ClN4O4. The number of hydrogen-bond acceptors (Lipinski definition) is 5. The number of aromatic nitrogens is 2. The van der Waals surface area contributed by atoms with E-state index in [0.29, 0.717) is 28.4 Å². The third-order valence-corrected chi connectivity index (χ3v) is 5.35. The van der Waals surface area contributed by atoms with E-state index in [4.69, 9.17) is 21.1 Å². The van der Waals surface area contributed by atoms with Crippen molar-refractivity contribution in [1.29, 1.82) is 5.26 Å². The molecular weight excluding hydrogens is 456 g/mol. The first kappa shape index (κ1) is 24.7. The van der Waals surface area contributed by atoms with Crippen LogP contribution in [0.2, 0.25) is 5.02 Å². The topological polar surface area (TPSA) is 98.3 Å². The standard InChI is InChI=1S/C25H25ClN4O4/c1-15(2)34-23-20(26)12-17(13-21(23)33-5)11-18(14-27)24(31)28-22-16(3)29(4)30(25(22)32)19-9-7-6-8-10-19/h6-13,15H,1-5H3,(H,28,31)/b18-11+. The van der Waals surface area contributed by atoms with Crippen molar-refractivity contribution >= 4 is 29.3 Å². The summed E-state index contributed by atoms with van der Waals surface area (Å²) in [6.07, 6.45) is 1.25. The molecule has 3 rings (SSSR count). The van der Waals surface area contributed by atoms with Crippen molar-refractivity contribution in [2.75, 3.05) is 12.4 Å². The highest BCUT2D eigenvalue weighted by atomic mass is 35.5. The molecule has 0 saturated carbocycles. The molecule has 176 valence electrons. The van der Waals surface area contributed by atoms with Gasteiger partial charge in [-0.25, -0.2) is 4.68 Å². The number of ether oxygens (including phenoxy) is 2. The lowest BCUT2D eigenvalue weighted by Gasteiger charge is -2.15. The fourth-order valence-corrected chi connectivity index (χ4v) is 3.65. The Morgan fingerprint density at radius 1 is 1.24 bits per heavy atom. The Bertz CT molecular complexity index is 1350. The van der Waals surface area contributed by atoms with Gasteiger partial charge in [-0.1, -0.05) is 29.8 Å². The van der Waals surface area contributed by atoms with Crippen LogP contribution in [0.4, 0.5) is 5.69 Å². The summed E-state index contributed by atoms with van der Waals surface area (Å²) in [6, 6.07) is 14.1. The van der Waals surface area contributed by atoms with E-state index >= 15 is 0 Å². The number of methoxy groups -OCH3 is 1. The molecule has 0 saturated heterocycles. The van der Waals surface area contributed by atoms with Crippen LogP contribution in [0.15, 0.2) is 52.8 Å². The molecule has 34 heavy (non-hydrogen) atoms. The number of rotatable bonds is 7. The molecule has 1 N–H and O–H groups in total. The average molecular weight is 481 g/mol. The number of amides is 1. The molecule has 0 unspecified atom stereocenters. The number of halogens is 1. The first-order valence-corrected chi connectivity index (χ1v) is 10.9. The molecule has 1 aromatic heterocycles. The van der Waals surface area contributed by atoms with Crippen LogP contribution in [0, 0.1) is 18.3 Å². The van der Waals surface area contributed by atoms with Crippen molar-refractivity contribution in [2.24, 2.45) is 7.05 Å². The van der Waals surface area contributed by atoms with E-state index in [1.165, 1.54) is 17.9 Å². The molecule has 0 atom stereocenters. The summed E-state index contributed by atoms with van der Waals surface area (Å²) in [5, 5.41) is 12.5. The Morgan fingerprint density at radius 3 is 2.50 bits per heavy atom. The third-order valence-electron chi connectivity index (χ3n) is 5.07. The highest BCUT2D eigenvalue weighted by molar-refractivity contribution is 6.32. The van der Waals surface area contributed by atoms with E-state index in [1.807, 2.05) is 38.1 Å². The van der Waals surface area contributed by atoms with Gasteiger partial charge in [-0.05, 0) is 56.7 Å². The molecule has 9 heteroatoms. The predicted octanol–water partition coefficient (Wildman–Crippen LogP) is 4.48. The second-order valence-corrected chi connectivity index (χ2v) is 8.17. The highest BCUT2D eigenvalue weighted by Gasteiger charge is 2.20. The summed E-state index contributed by atoms with van der Waals surface area (Å²) in [6.45, 7) is 5.43. The molecule has 0 aliphatic rings. The fraction of sp³-hybridized carbons (Fsp3) is 0.240. The van der Waals surface area contributed by atoms with Crippen LogP contribution >= 0.6 is 11.6 Å². The van der Waals surface area contributed by atoms with Gasteiger partial charge >= 0.3 is 0 Å². The maximum Gasteiger partial charge on any atom is 0.295 e. The van der Waals surface area contributed by atoms with Crippen LogP contribution in [0.5, 0.6) is 11.5 Å². The number of anilines is 1. The summed E-state index contributed by atoms with van der Waals surface area (Å²) < 4.78 is 14.1. The summed E-state index contributed by atoms with van der Waals surface area (Å²) in [5.74, 6) is 0.0292. The molecule has 1 amide bonds. The van der Waals surface area contributed by atoms with Crippen LogP contribution in [0.3, 0.4) is 0 Å². The number of hydrogen-bond donors (Lipinski definition) is 1. The molecule has 1 heterocycles. The molecule has 0 fully saturated rings. The Kier molecular flexibility index (Phi) is 7.49. The second-order valence-electron chi connectivity index (χ2n) is 7.76. The minimum atomic E-state index is -0.717. The second kappa shape index (κ2) is 10.3. The first-order valence-electron chi connectivity index (χ1n) is 10.5. The predicted molar refractivity (Wildman–Crippen MR) is 132 cm³/mol. The average Bonchev–Trinajstić information content (AvgIpc) is 3.02. The van der Waals surface area contributed by atoms with Gasteiger partial charge in [0.2, 0.25) is 0 Å². The van der Waals surface area contributed by atoms with Gasteiger partial charge in [0.1, 0.15) is 17.3 Å². The largest absolute Gasteiger partial charge is 0.493 e. The normalized spacial score (nSPS) is 11.3. The van der Waals surface area contributed by atoms with Gasteiger partial charge in [0.15, 0.2) is 11.5 Å². The Balaban J connectivity index is 1.96. The number of nitrogens with one attached hydrogen (secondary N) is 1. The molecule has 3 aromatic rings. The van der Waals surface area contributed by atoms with Crippen LogP contribution in [-0.2, 0) is 11.8 Å². The summed E-state index contributed by atoms with van der Waals surface area (Å²) in [5.41, 5.74) is 1.14. The van der Waals surface area contributed by atoms with Gasteiger partial charge in [0.05, 0.1) is 29.6 Å². The number of carbonyl (C=O) groups is 1. The molecule has 0 spiro atoms. The maximum absolute atomic E-state index is 13.0. The lowest BCUT2D eigenvalue weighted by atomic mass is 10.1. The lowest BCUT2D eigenvalue weighted by Crippen LogP contribution is -2.23. The molecule has 0 aliphatic carbocycles.